The van der Waals surface area contributed by atoms with E-state index >= 15 is 0 Å². The highest BCUT2D eigenvalue weighted by molar-refractivity contribution is 5.78. The molecule has 0 aromatic carbocycles. The van der Waals surface area contributed by atoms with E-state index in [2.05, 4.69) is 5.32 Å². The summed E-state index contributed by atoms with van der Waals surface area (Å²) in [5, 5.41) is 10.7. The Labute approximate surface area is 76.3 Å². The van der Waals surface area contributed by atoms with Gasteiger partial charge in [-0.05, 0) is 6.92 Å². The summed E-state index contributed by atoms with van der Waals surface area (Å²) in [4.78, 5) is 21.2. The number of nitrogens with two attached hydrogens (primary N) is 2. The van der Waals surface area contributed by atoms with Crippen molar-refractivity contribution in [3.63, 3.8) is 0 Å². The smallest absolute Gasteiger partial charge is 0.322 e. The number of hydrogen-bond acceptors (Lipinski definition) is 4. The van der Waals surface area contributed by atoms with E-state index in [4.69, 9.17) is 16.6 Å². The molecule has 76 valence electrons. The van der Waals surface area contributed by atoms with Crippen molar-refractivity contribution in [2.24, 2.45) is 11.5 Å². The largest absolute Gasteiger partial charge is 0.480 e. The van der Waals surface area contributed by atoms with Crippen LogP contribution < -0.4 is 16.8 Å². The standard InChI is InChI=1S/C7H15N3O3/c1-4(8)2-6(11)10-3-5(9)7(12)13/h4-5H,2-3,8-9H2,1H3,(H,10,11)(H,12,13)/t4?,5-/m0/s1. The van der Waals surface area contributed by atoms with Crippen molar-refractivity contribution < 1.29 is 14.7 Å². The van der Waals surface area contributed by atoms with Crippen LogP contribution >= 0.6 is 0 Å². The first-order valence-electron chi connectivity index (χ1n) is 3.94. The molecule has 0 bridgehead atoms. The van der Waals surface area contributed by atoms with Gasteiger partial charge in [-0.15, -0.1) is 0 Å². The molecular formula is C7H15N3O3. The van der Waals surface area contributed by atoms with Gasteiger partial charge in [0, 0.05) is 19.0 Å². The first-order valence-corrected chi connectivity index (χ1v) is 3.94. The first-order chi connectivity index (χ1) is 5.93. The van der Waals surface area contributed by atoms with Crippen molar-refractivity contribution in [3.8, 4) is 0 Å². The number of carbonyl (C=O) groups is 2. The predicted octanol–water partition coefficient (Wildman–Crippen LogP) is -1.75. The van der Waals surface area contributed by atoms with Crippen molar-refractivity contribution in [3.05, 3.63) is 0 Å². The van der Waals surface area contributed by atoms with Crippen molar-refractivity contribution >= 4 is 11.9 Å². The Kier molecular flexibility index (Phi) is 5.01. The minimum absolute atomic E-state index is 0.0686. The van der Waals surface area contributed by atoms with Crippen LogP contribution in [0.3, 0.4) is 0 Å². The van der Waals surface area contributed by atoms with E-state index in [-0.39, 0.29) is 24.9 Å². The lowest BCUT2D eigenvalue weighted by molar-refractivity contribution is -0.138. The molecule has 0 aromatic rings. The van der Waals surface area contributed by atoms with Crippen LogP contribution in [0.25, 0.3) is 0 Å². The average Bonchev–Trinajstić information content (AvgIpc) is 1.98. The highest BCUT2D eigenvalue weighted by Gasteiger charge is 2.12. The van der Waals surface area contributed by atoms with Crippen molar-refractivity contribution in [1.82, 2.24) is 5.32 Å². The zero-order valence-electron chi connectivity index (χ0n) is 7.49. The third-order valence-electron chi connectivity index (χ3n) is 1.34. The number of carboxylic acids is 1. The molecule has 0 spiro atoms. The fraction of sp³-hybridized carbons (Fsp3) is 0.714. The summed E-state index contributed by atoms with van der Waals surface area (Å²) in [6.45, 7) is 1.62. The molecule has 0 saturated heterocycles. The molecule has 0 fully saturated rings. The van der Waals surface area contributed by atoms with Crippen LogP contribution in [0, 0.1) is 0 Å². The molecule has 0 rings (SSSR count). The summed E-state index contributed by atoms with van der Waals surface area (Å²) in [5.74, 6) is -1.42. The van der Waals surface area contributed by atoms with E-state index in [1.807, 2.05) is 0 Å². The Balaban J connectivity index is 3.64. The predicted molar refractivity (Wildman–Crippen MR) is 46.9 cm³/mol. The molecule has 2 atom stereocenters. The molecule has 0 radical (unpaired) electrons. The summed E-state index contributed by atoms with van der Waals surface area (Å²) in [7, 11) is 0. The lowest BCUT2D eigenvalue weighted by atomic mass is 10.2. The molecule has 0 aromatic heterocycles. The highest BCUT2D eigenvalue weighted by atomic mass is 16.4. The highest BCUT2D eigenvalue weighted by Crippen LogP contribution is 1.85. The Morgan fingerprint density at radius 2 is 2.00 bits per heavy atom. The molecule has 0 heterocycles. The number of carbonyl (C=O) groups excluding carboxylic acids is 1. The maximum absolute atomic E-state index is 10.9. The van der Waals surface area contributed by atoms with Gasteiger partial charge in [0.15, 0.2) is 0 Å². The molecule has 1 unspecified atom stereocenters. The van der Waals surface area contributed by atoms with Gasteiger partial charge in [0.25, 0.3) is 0 Å². The number of nitrogens with one attached hydrogen (secondary N) is 1. The molecule has 0 aliphatic carbocycles. The molecule has 13 heavy (non-hydrogen) atoms. The summed E-state index contributed by atoms with van der Waals surface area (Å²) < 4.78 is 0. The van der Waals surface area contributed by atoms with Crippen LogP contribution in [0.1, 0.15) is 13.3 Å². The van der Waals surface area contributed by atoms with Gasteiger partial charge in [-0.2, -0.15) is 0 Å². The third kappa shape index (κ3) is 6.06. The second kappa shape index (κ2) is 5.50. The normalized spacial score (nSPS) is 14.7. The van der Waals surface area contributed by atoms with Crippen molar-refractivity contribution in [1.29, 1.82) is 0 Å². The van der Waals surface area contributed by atoms with Gasteiger partial charge in [0.05, 0.1) is 0 Å². The van der Waals surface area contributed by atoms with E-state index < -0.39 is 12.0 Å². The zero-order valence-corrected chi connectivity index (χ0v) is 7.49. The Bertz CT molecular complexity index is 193. The van der Waals surface area contributed by atoms with Crippen LogP contribution in [0.15, 0.2) is 0 Å². The second-order valence-electron chi connectivity index (χ2n) is 2.93. The minimum atomic E-state index is -1.14. The van der Waals surface area contributed by atoms with Crippen molar-refractivity contribution in [2.45, 2.75) is 25.4 Å². The third-order valence-corrected chi connectivity index (χ3v) is 1.34. The van der Waals surface area contributed by atoms with Crippen LogP contribution in [-0.2, 0) is 9.59 Å². The van der Waals surface area contributed by atoms with Gasteiger partial charge in [-0.1, -0.05) is 0 Å². The molecule has 6 nitrogen and oxygen atoms in total. The Morgan fingerprint density at radius 1 is 1.46 bits per heavy atom. The zero-order chi connectivity index (χ0) is 10.4. The minimum Gasteiger partial charge on any atom is -0.480 e. The van der Waals surface area contributed by atoms with Crippen LogP contribution in [0.4, 0.5) is 0 Å². The second-order valence-corrected chi connectivity index (χ2v) is 2.93. The average molecular weight is 189 g/mol. The molecule has 0 aliphatic heterocycles. The topological polar surface area (TPSA) is 118 Å². The van der Waals surface area contributed by atoms with Crippen molar-refractivity contribution in [2.75, 3.05) is 6.54 Å². The number of carboxylic acid groups (broad SMARTS) is 1. The molecular weight excluding hydrogens is 174 g/mol. The van der Waals surface area contributed by atoms with Gasteiger partial charge in [-0.25, -0.2) is 0 Å². The van der Waals surface area contributed by atoms with E-state index in [0.717, 1.165) is 0 Å². The number of rotatable bonds is 5. The molecule has 6 heteroatoms. The first kappa shape index (κ1) is 11.9. The van der Waals surface area contributed by atoms with E-state index in [0.29, 0.717) is 0 Å². The molecule has 1 amide bonds. The van der Waals surface area contributed by atoms with Gasteiger partial charge in [-0.3, -0.25) is 9.59 Å². The maximum Gasteiger partial charge on any atom is 0.322 e. The summed E-state index contributed by atoms with van der Waals surface area (Å²) >= 11 is 0. The number of aliphatic carboxylic acids is 1. The lowest BCUT2D eigenvalue weighted by Gasteiger charge is -2.09. The Morgan fingerprint density at radius 3 is 2.38 bits per heavy atom. The monoisotopic (exact) mass is 189 g/mol. The Hall–Kier alpha value is -1.14. The fourth-order valence-electron chi connectivity index (χ4n) is 0.676. The van der Waals surface area contributed by atoms with Gasteiger partial charge >= 0.3 is 5.97 Å². The van der Waals surface area contributed by atoms with E-state index in [1.54, 1.807) is 6.92 Å². The molecule has 0 aliphatic rings. The number of hydrogen-bond donors (Lipinski definition) is 4. The maximum atomic E-state index is 10.9. The van der Waals surface area contributed by atoms with Crippen LogP contribution in [0.5, 0.6) is 0 Å². The van der Waals surface area contributed by atoms with Gasteiger partial charge < -0.3 is 21.9 Å². The number of amides is 1. The van der Waals surface area contributed by atoms with E-state index in [9.17, 15) is 9.59 Å². The van der Waals surface area contributed by atoms with Gasteiger partial charge in [0.2, 0.25) is 5.91 Å². The molecule has 6 N–H and O–H groups in total. The van der Waals surface area contributed by atoms with Crippen LogP contribution in [-0.4, -0.2) is 35.6 Å². The summed E-state index contributed by atoms with van der Waals surface area (Å²) in [6, 6.07) is -1.29. The van der Waals surface area contributed by atoms with Gasteiger partial charge in [0.1, 0.15) is 6.04 Å². The SMILES string of the molecule is CC(N)CC(=O)NC[C@H](N)C(=O)O. The van der Waals surface area contributed by atoms with E-state index in [1.165, 1.54) is 0 Å². The molecule has 0 saturated carbocycles. The summed E-state index contributed by atoms with van der Waals surface area (Å²) in [5.41, 5.74) is 10.5. The van der Waals surface area contributed by atoms with Crippen LogP contribution in [0.2, 0.25) is 0 Å². The lowest BCUT2D eigenvalue weighted by Crippen LogP contribution is -2.43. The summed E-state index contributed by atoms with van der Waals surface area (Å²) in [6.07, 6.45) is 0.173. The quantitative estimate of drug-likeness (QED) is 0.409. The fourth-order valence-corrected chi connectivity index (χ4v) is 0.676.